The third-order valence-electron chi connectivity index (χ3n) is 5.26. The standard InChI is InChI=1S/C22H26N4O4/c1-28-19-8-5-9-20(29-2)21(19)17(27)14-25-10-11-26(13-15(23)12-25)22-24-16-6-3-4-7-18(16)30-22/h3-9,15H,10-14,23H2,1-2H3. The van der Waals surface area contributed by atoms with E-state index in [1.54, 1.807) is 32.4 Å². The highest BCUT2D eigenvalue weighted by Gasteiger charge is 2.27. The second-order valence-corrected chi connectivity index (χ2v) is 7.37. The van der Waals surface area contributed by atoms with Gasteiger partial charge in [0.05, 0.1) is 20.8 Å². The number of oxazole rings is 1. The van der Waals surface area contributed by atoms with E-state index in [4.69, 9.17) is 19.6 Å². The van der Waals surface area contributed by atoms with E-state index in [0.29, 0.717) is 49.3 Å². The van der Waals surface area contributed by atoms with Gasteiger partial charge in [0.15, 0.2) is 11.4 Å². The number of ether oxygens (including phenoxy) is 2. The molecule has 1 aliphatic rings. The van der Waals surface area contributed by atoms with Crippen molar-refractivity contribution in [2.45, 2.75) is 6.04 Å². The molecular formula is C22H26N4O4. The fourth-order valence-electron chi connectivity index (χ4n) is 3.84. The molecule has 2 heterocycles. The van der Waals surface area contributed by atoms with Crippen molar-refractivity contribution in [2.24, 2.45) is 5.73 Å². The van der Waals surface area contributed by atoms with Crippen LogP contribution in [0.5, 0.6) is 11.5 Å². The lowest BCUT2D eigenvalue weighted by Gasteiger charge is -2.21. The van der Waals surface area contributed by atoms with Gasteiger partial charge >= 0.3 is 0 Å². The summed E-state index contributed by atoms with van der Waals surface area (Å²) in [6.07, 6.45) is 0. The van der Waals surface area contributed by atoms with Gasteiger partial charge < -0.3 is 24.5 Å². The Bertz CT molecular complexity index is 980. The van der Waals surface area contributed by atoms with E-state index in [1.807, 2.05) is 29.2 Å². The number of hydrogen-bond donors (Lipinski definition) is 1. The Morgan fingerprint density at radius 3 is 2.53 bits per heavy atom. The van der Waals surface area contributed by atoms with Crippen LogP contribution in [-0.2, 0) is 0 Å². The highest BCUT2D eigenvalue weighted by molar-refractivity contribution is 6.02. The Hall–Kier alpha value is -3.10. The molecule has 0 bridgehead atoms. The number of methoxy groups -OCH3 is 2. The molecule has 1 aliphatic heterocycles. The van der Waals surface area contributed by atoms with E-state index < -0.39 is 0 Å². The molecule has 1 unspecified atom stereocenters. The lowest BCUT2D eigenvalue weighted by molar-refractivity contribution is 0.0927. The molecule has 3 aromatic rings. The molecule has 1 saturated heterocycles. The molecule has 0 amide bonds. The second-order valence-electron chi connectivity index (χ2n) is 7.37. The largest absolute Gasteiger partial charge is 0.496 e. The lowest BCUT2D eigenvalue weighted by atomic mass is 10.1. The lowest BCUT2D eigenvalue weighted by Crippen LogP contribution is -2.41. The summed E-state index contributed by atoms with van der Waals surface area (Å²) in [5.74, 6) is 0.949. The van der Waals surface area contributed by atoms with Crippen LogP contribution in [0.1, 0.15) is 10.4 Å². The Morgan fingerprint density at radius 1 is 1.10 bits per heavy atom. The van der Waals surface area contributed by atoms with Crippen LogP contribution < -0.4 is 20.1 Å². The first-order valence-electron chi connectivity index (χ1n) is 9.91. The van der Waals surface area contributed by atoms with E-state index in [-0.39, 0.29) is 18.4 Å². The van der Waals surface area contributed by atoms with E-state index in [1.165, 1.54) is 0 Å². The van der Waals surface area contributed by atoms with Crippen LogP contribution in [0.25, 0.3) is 11.1 Å². The van der Waals surface area contributed by atoms with Gasteiger partial charge in [-0.3, -0.25) is 9.69 Å². The number of nitrogens with zero attached hydrogens (tertiary/aromatic N) is 3. The predicted octanol–water partition coefficient (Wildman–Crippen LogP) is 2.18. The molecular weight excluding hydrogens is 384 g/mol. The molecule has 158 valence electrons. The minimum absolute atomic E-state index is 0.0631. The smallest absolute Gasteiger partial charge is 0.298 e. The number of para-hydroxylation sites is 2. The van der Waals surface area contributed by atoms with Crippen LogP contribution in [0, 0.1) is 0 Å². The molecule has 2 N–H and O–H groups in total. The van der Waals surface area contributed by atoms with Crippen LogP contribution >= 0.6 is 0 Å². The summed E-state index contributed by atoms with van der Waals surface area (Å²) >= 11 is 0. The minimum Gasteiger partial charge on any atom is -0.496 e. The number of rotatable bonds is 6. The topological polar surface area (TPSA) is 94.1 Å². The van der Waals surface area contributed by atoms with E-state index in [0.717, 1.165) is 11.1 Å². The quantitative estimate of drug-likeness (QED) is 0.618. The van der Waals surface area contributed by atoms with Gasteiger partial charge in [-0.15, -0.1) is 0 Å². The van der Waals surface area contributed by atoms with Crippen molar-refractivity contribution in [2.75, 3.05) is 51.8 Å². The Balaban J connectivity index is 1.49. The molecule has 8 heteroatoms. The molecule has 0 aliphatic carbocycles. The first kappa shape index (κ1) is 20.2. The molecule has 1 fully saturated rings. The number of anilines is 1. The Kier molecular flexibility index (Phi) is 5.87. The van der Waals surface area contributed by atoms with Crippen molar-refractivity contribution in [3.63, 3.8) is 0 Å². The van der Waals surface area contributed by atoms with Crippen LogP contribution in [-0.4, -0.2) is 68.7 Å². The van der Waals surface area contributed by atoms with Gasteiger partial charge in [-0.1, -0.05) is 18.2 Å². The maximum Gasteiger partial charge on any atom is 0.298 e. The van der Waals surface area contributed by atoms with Crippen LogP contribution in [0.15, 0.2) is 46.9 Å². The first-order chi connectivity index (χ1) is 14.6. The van der Waals surface area contributed by atoms with Gasteiger partial charge in [0.25, 0.3) is 6.01 Å². The number of carbonyl (C=O) groups excluding carboxylic acids is 1. The number of nitrogens with two attached hydrogens (primary N) is 1. The van der Waals surface area contributed by atoms with Gasteiger partial charge in [-0.2, -0.15) is 4.98 Å². The maximum absolute atomic E-state index is 13.1. The van der Waals surface area contributed by atoms with Crippen molar-refractivity contribution >= 4 is 22.9 Å². The average Bonchev–Trinajstić information content (AvgIpc) is 3.10. The number of fused-ring (bicyclic) bond motifs is 1. The fraction of sp³-hybridized carbons (Fsp3) is 0.364. The minimum atomic E-state index is -0.144. The van der Waals surface area contributed by atoms with Crippen molar-refractivity contribution in [1.29, 1.82) is 0 Å². The summed E-state index contributed by atoms with van der Waals surface area (Å²) in [6, 6.07) is 13.4. The fourth-order valence-corrected chi connectivity index (χ4v) is 3.84. The van der Waals surface area contributed by atoms with Crippen LogP contribution in [0.3, 0.4) is 0 Å². The van der Waals surface area contributed by atoms with Crippen molar-refractivity contribution in [3.8, 4) is 11.5 Å². The van der Waals surface area contributed by atoms with Gasteiger partial charge in [0, 0.05) is 32.2 Å². The van der Waals surface area contributed by atoms with E-state index in [9.17, 15) is 4.79 Å². The molecule has 0 radical (unpaired) electrons. The zero-order valence-corrected chi connectivity index (χ0v) is 17.2. The maximum atomic E-state index is 13.1. The molecule has 2 aromatic carbocycles. The highest BCUT2D eigenvalue weighted by atomic mass is 16.5. The highest BCUT2D eigenvalue weighted by Crippen LogP contribution is 2.29. The molecule has 4 rings (SSSR count). The zero-order chi connectivity index (χ0) is 21.1. The molecule has 1 aromatic heterocycles. The zero-order valence-electron chi connectivity index (χ0n) is 17.2. The Morgan fingerprint density at radius 2 is 1.83 bits per heavy atom. The van der Waals surface area contributed by atoms with Crippen LogP contribution in [0.4, 0.5) is 6.01 Å². The summed E-state index contributed by atoms with van der Waals surface area (Å²) < 4.78 is 16.6. The van der Waals surface area contributed by atoms with Gasteiger partial charge in [0.2, 0.25) is 0 Å². The SMILES string of the molecule is COc1cccc(OC)c1C(=O)CN1CCN(c2nc3ccccc3o2)CC(N)C1. The van der Waals surface area contributed by atoms with Crippen molar-refractivity contribution in [1.82, 2.24) is 9.88 Å². The summed E-state index contributed by atoms with van der Waals surface area (Å²) in [5.41, 5.74) is 8.39. The summed E-state index contributed by atoms with van der Waals surface area (Å²) in [5, 5.41) is 0. The van der Waals surface area contributed by atoms with Gasteiger partial charge in [-0.05, 0) is 24.3 Å². The van der Waals surface area contributed by atoms with Crippen LogP contribution in [0.2, 0.25) is 0 Å². The van der Waals surface area contributed by atoms with Gasteiger partial charge in [-0.25, -0.2) is 0 Å². The third-order valence-corrected chi connectivity index (χ3v) is 5.26. The molecule has 0 spiro atoms. The van der Waals surface area contributed by atoms with Crippen molar-refractivity contribution in [3.05, 3.63) is 48.0 Å². The number of aromatic nitrogens is 1. The molecule has 8 nitrogen and oxygen atoms in total. The molecule has 30 heavy (non-hydrogen) atoms. The number of ketones is 1. The number of benzene rings is 2. The number of Topliss-reactive ketones (excluding diaryl/α,β-unsaturated/α-hetero) is 1. The Labute approximate surface area is 175 Å². The normalized spacial score (nSPS) is 17.7. The van der Waals surface area contributed by atoms with Gasteiger partial charge in [0.1, 0.15) is 22.6 Å². The summed E-state index contributed by atoms with van der Waals surface area (Å²) in [6.45, 7) is 2.76. The monoisotopic (exact) mass is 410 g/mol. The van der Waals surface area contributed by atoms with E-state index >= 15 is 0 Å². The number of hydrogen-bond acceptors (Lipinski definition) is 8. The average molecular weight is 410 g/mol. The summed E-state index contributed by atoms with van der Waals surface area (Å²) in [7, 11) is 3.09. The predicted molar refractivity (Wildman–Crippen MR) is 115 cm³/mol. The third kappa shape index (κ3) is 4.10. The van der Waals surface area contributed by atoms with E-state index in [2.05, 4.69) is 9.88 Å². The first-order valence-corrected chi connectivity index (χ1v) is 9.91. The summed E-state index contributed by atoms with van der Waals surface area (Å²) in [4.78, 5) is 21.7. The second kappa shape index (κ2) is 8.73. The molecule has 0 saturated carbocycles. The van der Waals surface area contributed by atoms with Crippen molar-refractivity contribution < 1.29 is 18.7 Å². The molecule has 1 atom stereocenters. The number of carbonyl (C=O) groups is 1.